The molecule has 1 aromatic carbocycles. The number of halogens is 1. The van der Waals surface area contributed by atoms with Gasteiger partial charge in [-0.2, -0.15) is 0 Å². The summed E-state index contributed by atoms with van der Waals surface area (Å²) in [7, 11) is 0. The first-order valence-corrected chi connectivity index (χ1v) is 4.12. The first kappa shape index (κ1) is 13.7. The molecule has 0 N–H and O–H groups in total. The van der Waals surface area contributed by atoms with Gasteiger partial charge in [0.1, 0.15) is 5.82 Å². The maximum absolute atomic E-state index is 12.6. The molecule has 0 heterocycles. The summed E-state index contributed by atoms with van der Waals surface area (Å²) in [4.78, 5) is 8.87. The maximum atomic E-state index is 12.6. The Hall–Kier alpha value is -0.340. The molecule has 0 amide bonds. The van der Waals surface area contributed by atoms with E-state index in [1.807, 2.05) is 0 Å². The maximum Gasteiger partial charge on any atom is 1.00 e. The van der Waals surface area contributed by atoms with Crippen LogP contribution in [0.15, 0.2) is 23.1 Å². The summed E-state index contributed by atoms with van der Waals surface area (Å²) < 4.78 is 33.2. The Morgan fingerprint density at radius 2 is 1.93 bits per heavy atom. The summed E-state index contributed by atoms with van der Waals surface area (Å²) in [5.41, 5.74) is -0.584. The minimum atomic E-state index is -2.66. The third-order valence-electron chi connectivity index (χ3n) is 1.26. The molecule has 1 aromatic rings. The summed E-state index contributed by atoms with van der Waals surface area (Å²) in [6.07, 6.45) is 0. The molecule has 5 nitrogen and oxygen atoms in total. The Kier molecular flexibility index (Phi) is 5.38. The minimum absolute atomic E-state index is 0. The van der Waals surface area contributed by atoms with E-state index >= 15 is 0 Å². The fourth-order valence-corrected chi connectivity index (χ4v) is 1.18. The summed E-state index contributed by atoms with van der Waals surface area (Å²) in [6, 6.07) is 2.14. The van der Waals surface area contributed by atoms with E-state index in [0.29, 0.717) is 12.1 Å². The zero-order valence-corrected chi connectivity index (χ0v) is 9.91. The van der Waals surface area contributed by atoms with Crippen molar-refractivity contribution in [1.82, 2.24) is 0 Å². The van der Waals surface area contributed by atoms with Gasteiger partial charge in [-0.1, -0.05) is 0 Å². The summed E-state index contributed by atoms with van der Waals surface area (Å²) in [6.45, 7) is 0. The van der Waals surface area contributed by atoms with Crippen molar-refractivity contribution in [3.8, 4) is 0 Å². The van der Waals surface area contributed by atoms with Gasteiger partial charge in [-0.15, -0.1) is 0 Å². The number of benzene rings is 1. The third kappa shape index (κ3) is 3.43. The summed E-state index contributed by atoms with van der Waals surface area (Å²) in [5, 5.41) is 10.2. The molecule has 70 valence electrons. The van der Waals surface area contributed by atoms with Gasteiger partial charge in [0.05, 0.1) is 11.0 Å². The predicted molar refractivity (Wildman–Crippen MR) is 40.2 cm³/mol. The number of nitrogens with zero attached hydrogens (tertiary/aromatic N) is 1. The van der Waals surface area contributed by atoms with Crippen molar-refractivity contribution < 1.29 is 47.6 Å². The number of rotatable bonds is 2. The van der Waals surface area contributed by atoms with Gasteiger partial charge in [0, 0.05) is 11.0 Å². The second-order valence-electron chi connectivity index (χ2n) is 2.14. The first-order valence-electron chi connectivity index (χ1n) is 3.05. The van der Waals surface area contributed by atoms with E-state index in [-0.39, 0.29) is 29.6 Å². The molecule has 0 saturated carbocycles. The van der Waals surface area contributed by atoms with Gasteiger partial charge in [-0.3, -0.25) is 14.3 Å². The quantitative estimate of drug-likeness (QED) is 0.252. The van der Waals surface area contributed by atoms with Crippen LogP contribution in [0.1, 0.15) is 0 Å². The first-order chi connectivity index (χ1) is 6.00. The fraction of sp³-hybridized carbons (Fsp3) is 0. The second-order valence-corrected chi connectivity index (χ2v) is 3.08. The largest absolute Gasteiger partial charge is 1.00 e. The molecular formula is C6H3FNNaO4S. The molecular weight excluding hydrogens is 224 g/mol. The van der Waals surface area contributed by atoms with Gasteiger partial charge in [-0.25, -0.2) is 4.39 Å². The average molecular weight is 227 g/mol. The van der Waals surface area contributed by atoms with E-state index in [4.69, 9.17) is 0 Å². The summed E-state index contributed by atoms with van der Waals surface area (Å²) in [5.74, 6) is -0.951. The van der Waals surface area contributed by atoms with Gasteiger partial charge < -0.3 is 4.55 Å². The van der Waals surface area contributed by atoms with Crippen LogP contribution in [0.4, 0.5) is 10.1 Å². The number of non-ortho nitro benzene ring substituents is 1. The molecule has 1 rings (SSSR count). The van der Waals surface area contributed by atoms with Gasteiger partial charge >= 0.3 is 29.6 Å². The molecule has 8 heteroatoms. The van der Waals surface area contributed by atoms with E-state index in [9.17, 15) is 23.3 Å². The molecule has 0 aromatic heterocycles. The van der Waals surface area contributed by atoms with Gasteiger partial charge in [0.25, 0.3) is 5.69 Å². The van der Waals surface area contributed by atoms with E-state index < -0.39 is 32.4 Å². The van der Waals surface area contributed by atoms with E-state index in [1.165, 1.54) is 0 Å². The Morgan fingerprint density at radius 1 is 1.36 bits per heavy atom. The Balaban J connectivity index is 0.00000169. The third-order valence-corrected chi connectivity index (χ3v) is 1.88. The Labute approximate surface area is 103 Å². The Bertz CT molecular complexity index is 354. The molecule has 0 radical (unpaired) electrons. The molecule has 14 heavy (non-hydrogen) atoms. The van der Waals surface area contributed by atoms with Crippen molar-refractivity contribution >= 4 is 16.8 Å². The monoisotopic (exact) mass is 227 g/mol. The molecule has 1 atom stereocenters. The predicted octanol–water partition coefficient (Wildman–Crippen LogP) is -2.02. The number of nitro benzene ring substituents is 1. The zero-order valence-electron chi connectivity index (χ0n) is 7.10. The van der Waals surface area contributed by atoms with Crippen molar-refractivity contribution in [3.63, 3.8) is 0 Å². The standard InChI is InChI=1S/C6H4FNO4S.Na/c7-4-1-5(8(9)10)3-6(2-4)13(11)12;/h1-3H,(H,11,12);/q;+1/p-1. The molecule has 0 aliphatic rings. The molecule has 0 spiro atoms. The minimum Gasteiger partial charge on any atom is -0.768 e. The Morgan fingerprint density at radius 3 is 2.36 bits per heavy atom. The molecule has 1 unspecified atom stereocenters. The van der Waals surface area contributed by atoms with Gasteiger partial charge in [-0.05, 0) is 17.1 Å². The summed E-state index contributed by atoms with van der Waals surface area (Å²) >= 11 is -2.66. The van der Waals surface area contributed by atoms with Crippen LogP contribution < -0.4 is 29.6 Å². The SMILES string of the molecule is O=[N+]([O-])c1cc(F)cc(S(=O)[O-])c1.[Na+]. The van der Waals surface area contributed by atoms with Gasteiger partial charge in [0.2, 0.25) is 0 Å². The normalized spacial score (nSPS) is 11.6. The zero-order chi connectivity index (χ0) is 10.0. The van der Waals surface area contributed by atoms with Crippen molar-refractivity contribution in [1.29, 1.82) is 0 Å². The van der Waals surface area contributed by atoms with Crippen LogP contribution in [0.25, 0.3) is 0 Å². The van der Waals surface area contributed by atoms with Crippen LogP contribution in [-0.2, 0) is 11.1 Å². The topological polar surface area (TPSA) is 83.3 Å². The van der Waals surface area contributed by atoms with E-state index in [0.717, 1.165) is 6.07 Å². The number of hydrogen-bond donors (Lipinski definition) is 0. The fourth-order valence-electron chi connectivity index (χ4n) is 0.750. The van der Waals surface area contributed by atoms with E-state index in [2.05, 4.69) is 0 Å². The number of nitro groups is 1. The van der Waals surface area contributed by atoms with Gasteiger partial charge in [0.15, 0.2) is 0 Å². The molecule has 0 aliphatic heterocycles. The van der Waals surface area contributed by atoms with Crippen molar-refractivity contribution in [2.24, 2.45) is 0 Å². The van der Waals surface area contributed by atoms with Crippen LogP contribution in [0.3, 0.4) is 0 Å². The molecule has 0 saturated heterocycles. The molecule has 0 fully saturated rings. The van der Waals surface area contributed by atoms with Crippen molar-refractivity contribution in [2.75, 3.05) is 0 Å². The molecule has 0 aliphatic carbocycles. The molecule has 0 bridgehead atoms. The van der Waals surface area contributed by atoms with Crippen LogP contribution in [0, 0.1) is 15.9 Å². The average Bonchev–Trinajstić information content (AvgIpc) is 2.03. The number of hydrogen-bond acceptors (Lipinski definition) is 4. The van der Waals surface area contributed by atoms with Crippen molar-refractivity contribution in [3.05, 3.63) is 34.1 Å². The van der Waals surface area contributed by atoms with Crippen LogP contribution in [0.2, 0.25) is 0 Å². The smallest absolute Gasteiger partial charge is 0.768 e. The van der Waals surface area contributed by atoms with Crippen molar-refractivity contribution in [2.45, 2.75) is 4.90 Å². The van der Waals surface area contributed by atoms with Crippen LogP contribution in [0.5, 0.6) is 0 Å². The van der Waals surface area contributed by atoms with E-state index in [1.54, 1.807) is 0 Å². The second kappa shape index (κ2) is 5.52. The van der Waals surface area contributed by atoms with Crippen LogP contribution in [-0.4, -0.2) is 13.7 Å². The van der Waals surface area contributed by atoms with Crippen LogP contribution >= 0.6 is 0 Å².